The summed E-state index contributed by atoms with van der Waals surface area (Å²) in [6.07, 6.45) is 9.44. The molecule has 0 unspecified atom stereocenters. The molecule has 0 radical (unpaired) electrons. The van der Waals surface area contributed by atoms with Crippen molar-refractivity contribution in [2.75, 3.05) is 24.5 Å². The van der Waals surface area contributed by atoms with Crippen LogP contribution in [0.2, 0.25) is 0 Å². The number of nitrogens with two attached hydrogens (primary N) is 1. The van der Waals surface area contributed by atoms with Gasteiger partial charge < -0.3 is 20.7 Å². The highest BCUT2D eigenvalue weighted by Crippen LogP contribution is 2.44. The predicted octanol–water partition coefficient (Wildman–Crippen LogP) is 5.13. The Hall–Kier alpha value is -4.38. The number of anilines is 1. The van der Waals surface area contributed by atoms with Gasteiger partial charge in [0.1, 0.15) is 18.1 Å². The van der Waals surface area contributed by atoms with E-state index in [1.807, 2.05) is 42.6 Å². The van der Waals surface area contributed by atoms with E-state index in [0.29, 0.717) is 40.1 Å². The third kappa shape index (κ3) is 4.44. The summed E-state index contributed by atoms with van der Waals surface area (Å²) >= 11 is 0. The lowest BCUT2D eigenvalue weighted by molar-refractivity contribution is 0.0991. The predicted molar refractivity (Wildman–Crippen MR) is 169 cm³/mol. The summed E-state index contributed by atoms with van der Waals surface area (Å²) in [5.41, 5.74) is 14.6. The largest absolute Gasteiger partial charge is 0.392 e. The van der Waals surface area contributed by atoms with E-state index >= 15 is 0 Å². The second kappa shape index (κ2) is 10.7. The number of carbonyl (C=O) groups is 1. The molecule has 1 saturated carbocycles. The van der Waals surface area contributed by atoms with Crippen molar-refractivity contribution < 1.29 is 9.90 Å². The molecule has 10 heteroatoms. The molecule has 1 atom stereocenters. The molecule has 3 aliphatic rings. The molecule has 10 nitrogen and oxygen atoms in total. The van der Waals surface area contributed by atoms with Gasteiger partial charge in [0.15, 0.2) is 0 Å². The molecule has 0 bridgehead atoms. The highest BCUT2D eigenvalue weighted by Gasteiger charge is 2.38. The Balaban J connectivity index is 1.14. The van der Waals surface area contributed by atoms with Crippen LogP contribution in [0.5, 0.6) is 0 Å². The fraction of sp³-hybridized carbons (Fsp3) is 0.353. The van der Waals surface area contributed by atoms with Crippen LogP contribution in [0.15, 0.2) is 61.2 Å². The number of hydrogen-bond donors (Lipinski definition) is 3. The molecule has 1 amide bonds. The number of rotatable bonds is 7. The maximum absolute atomic E-state index is 13.7. The molecule has 44 heavy (non-hydrogen) atoms. The van der Waals surface area contributed by atoms with Gasteiger partial charge >= 0.3 is 0 Å². The van der Waals surface area contributed by atoms with E-state index in [4.69, 9.17) is 10.8 Å². The van der Waals surface area contributed by atoms with E-state index in [0.717, 1.165) is 60.2 Å². The van der Waals surface area contributed by atoms with Crippen molar-refractivity contribution in [3.63, 3.8) is 0 Å². The topological polar surface area (TPSA) is 129 Å². The Morgan fingerprint density at radius 2 is 1.89 bits per heavy atom. The number of likely N-dealkylation sites (tertiary alicyclic amines) is 1. The molecular formula is C34H36N8O2. The quantitative estimate of drug-likeness (QED) is 0.240. The fourth-order valence-corrected chi connectivity index (χ4v) is 7.02. The number of fused-ring (bicyclic) bond motifs is 2. The van der Waals surface area contributed by atoms with Gasteiger partial charge in [0.25, 0.3) is 5.91 Å². The van der Waals surface area contributed by atoms with Crippen molar-refractivity contribution in [2.45, 2.75) is 57.3 Å². The smallest absolute Gasteiger partial charge is 0.260 e. The number of piperidine rings is 1. The monoisotopic (exact) mass is 588 g/mol. The number of nitrogens with zero attached hydrogens (tertiary/aromatic N) is 6. The lowest BCUT2D eigenvalue weighted by atomic mass is 9.99. The van der Waals surface area contributed by atoms with E-state index in [1.165, 1.54) is 24.7 Å². The molecular weight excluding hydrogens is 552 g/mol. The van der Waals surface area contributed by atoms with Gasteiger partial charge in [-0.1, -0.05) is 31.2 Å². The van der Waals surface area contributed by atoms with Crippen LogP contribution in [0, 0.1) is 0 Å². The molecule has 5 heterocycles. The normalized spacial score (nSPS) is 19.3. The average Bonchev–Trinajstić information content (AvgIpc) is 3.53. The number of benzene rings is 2. The first-order chi connectivity index (χ1) is 21.5. The minimum absolute atomic E-state index is 0.157. The number of nitrogens with one attached hydrogen (secondary N) is 1. The summed E-state index contributed by atoms with van der Waals surface area (Å²) in [7, 11) is 0. The summed E-state index contributed by atoms with van der Waals surface area (Å²) in [4.78, 5) is 30.4. The van der Waals surface area contributed by atoms with Crippen molar-refractivity contribution in [1.82, 2.24) is 29.6 Å². The summed E-state index contributed by atoms with van der Waals surface area (Å²) < 4.78 is 2.09. The van der Waals surface area contributed by atoms with Gasteiger partial charge in [-0.25, -0.2) is 9.97 Å². The van der Waals surface area contributed by atoms with Gasteiger partial charge in [0.2, 0.25) is 0 Å². The minimum Gasteiger partial charge on any atom is -0.392 e. The zero-order valence-corrected chi connectivity index (χ0v) is 24.8. The van der Waals surface area contributed by atoms with E-state index in [9.17, 15) is 9.90 Å². The maximum atomic E-state index is 13.7. The van der Waals surface area contributed by atoms with Crippen molar-refractivity contribution in [2.24, 2.45) is 5.73 Å². The highest BCUT2D eigenvalue weighted by molar-refractivity contribution is 6.12. The molecule has 2 aromatic carbocycles. The van der Waals surface area contributed by atoms with Crippen molar-refractivity contribution in [3.8, 4) is 22.5 Å². The van der Waals surface area contributed by atoms with Gasteiger partial charge in [-0.3, -0.25) is 14.4 Å². The summed E-state index contributed by atoms with van der Waals surface area (Å²) in [5, 5.41) is 16.2. The standard InChI is InChI=1S/C34H36N8O2/c1-2-40-12-10-23(11-13-40)41-17-22(16-38-41)29-15-27-31(36-19-37-33(27)39-29)24-4-3-5-30(28(24)18-43)42-32(35)26-14-21(20-6-7-20)8-9-25(26)34(42)44/h3-5,8-9,14-17,19-20,23,32,43H,2,6-7,10-13,18,35H2,1H3,(H,36,37,39)/t32-/m1/s1. The van der Waals surface area contributed by atoms with Gasteiger partial charge in [0.05, 0.1) is 35.9 Å². The molecule has 2 fully saturated rings. The number of carbonyl (C=O) groups excluding carboxylic acids is 1. The molecule has 1 aliphatic carbocycles. The third-order valence-corrected chi connectivity index (χ3v) is 9.71. The molecule has 0 spiro atoms. The van der Waals surface area contributed by atoms with Crippen molar-refractivity contribution in [3.05, 3.63) is 83.4 Å². The molecule has 1 saturated heterocycles. The van der Waals surface area contributed by atoms with Gasteiger partial charge in [-0.05, 0) is 61.9 Å². The maximum Gasteiger partial charge on any atom is 0.260 e. The van der Waals surface area contributed by atoms with Crippen LogP contribution in [0.1, 0.15) is 77.8 Å². The average molecular weight is 589 g/mol. The zero-order valence-electron chi connectivity index (χ0n) is 24.8. The van der Waals surface area contributed by atoms with Crippen molar-refractivity contribution >= 4 is 22.6 Å². The Bertz CT molecular complexity index is 1880. The lowest BCUT2D eigenvalue weighted by Crippen LogP contribution is -2.34. The summed E-state index contributed by atoms with van der Waals surface area (Å²) in [6.45, 7) is 5.21. The van der Waals surface area contributed by atoms with E-state index in [1.54, 1.807) is 4.90 Å². The summed E-state index contributed by atoms with van der Waals surface area (Å²) in [5.74, 6) is 0.406. The second-order valence-corrected chi connectivity index (χ2v) is 12.2. The number of amides is 1. The Labute approximate surface area is 255 Å². The number of aliphatic hydroxyl groups is 1. The van der Waals surface area contributed by atoms with Gasteiger partial charge in [-0.15, -0.1) is 0 Å². The molecule has 5 aromatic rings. The second-order valence-electron chi connectivity index (χ2n) is 12.2. The van der Waals surface area contributed by atoms with Crippen molar-refractivity contribution in [1.29, 1.82) is 0 Å². The van der Waals surface area contributed by atoms with Crippen LogP contribution in [0.25, 0.3) is 33.5 Å². The molecule has 4 N–H and O–H groups in total. The Morgan fingerprint density at radius 1 is 1.05 bits per heavy atom. The minimum atomic E-state index is -0.633. The Morgan fingerprint density at radius 3 is 2.66 bits per heavy atom. The number of hydrogen-bond acceptors (Lipinski definition) is 7. The molecule has 2 aliphatic heterocycles. The van der Waals surface area contributed by atoms with Crippen LogP contribution in [0.4, 0.5) is 5.69 Å². The van der Waals surface area contributed by atoms with Crippen LogP contribution in [-0.2, 0) is 6.61 Å². The van der Waals surface area contributed by atoms with E-state index in [2.05, 4.69) is 43.7 Å². The Kier molecular flexibility index (Phi) is 6.58. The summed E-state index contributed by atoms with van der Waals surface area (Å²) in [6, 6.07) is 14.1. The van der Waals surface area contributed by atoms with Crippen LogP contribution in [0.3, 0.4) is 0 Å². The third-order valence-electron chi connectivity index (χ3n) is 9.71. The first-order valence-electron chi connectivity index (χ1n) is 15.6. The number of aliphatic hydroxyl groups excluding tert-OH is 1. The first kappa shape index (κ1) is 27.2. The molecule has 3 aromatic heterocycles. The van der Waals surface area contributed by atoms with E-state index < -0.39 is 6.17 Å². The SMILES string of the molecule is CCN1CCC(n2cc(-c3cc4c(-c5cccc(N6C(=O)c7ccc(C8CC8)cc7[C@@H]6N)c5CO)ncnc4[nH]3)cn2)CC1. The van der Waals surface area contributed by atoms with Gasteiger partial charge in [-0.2, -0.15) is 5.10 Å². The zero-order chi connectivity index (χ0) is 29.9. The van der Waals surface area contributed by atoms with Crippen LogP contribution in [-0.4, -0.2) is 60.3 Å². The lowest BCUT2D eigenvalue weighted by Gasteiger charge is -2.31. The number of aromatic amines is 1. The van der Waals surface area contributed by atoms with Gasteiger partial charge in [0, 0.05) is 52.5 Å². The number of aromatic nitrogens is 5. The molecule has 224 valence electrons. The number of H-pyrrole nitrogens is 1. The highest BCUT2D eigenvalue weighted by atomic mass is 16.3. The van der Waals surface area contributed by atoms with Crippen LogP contribution < -0.4 is 10.6 Å². The first-order valence-corrected chi connectivity index (χ1v) is 15.6. The van der Waals surface area contributed by atoms with Crippen LogP contribution >= 0.6 is 0 Å². The fourth-order valence-electron chi connectivity index (χ4n) is 7.02. The molecule has 8 rings (SSSR count). The van der Waals surface area contributed by atoms with E-state index in [-0.39, 0.29) is 12.5 Å².